The summed E-state index contributed by atoms with van der Waals surface area (Å²) >= 11 is 0. The molecule has 0 aliphatic carbocycles. The molecule has 70 heavy (non-hydrogen) atoms. The van der Waals surface area contributed by atoms with E-state index in [0.717, 1.165) is 60.8 Å². The second-order valence-electron chi connectivity index (χ2n) is 15.8. The maximum absolute atomic E-state index is 3.87. The number of hydrogen-bond acceptors (Lipinski definition) is 0. The molecule has 8 aromatic rings. The second kappa shape index (κ2) is 41.1. The normalized spacial score (nSPS) is 9.09. The van der Waals surface area contributed by atoms with Gasteiger partial charge in [0.15, 0.2) is 0 Å². The first kappa shape index (κ1) is 74.2. The molecule has 0 nitrogen and oxygen atoms in total. The van der Waals surface area contributed by atoms with Crippen molar-refractivity contribution in [2.75, 3.05) is 0 Å². The Labute approximate surface area is 530 Å². The van der Waals surface area contributed by atoms with E-state index >= 15 is 0 Å². The molecule has 0 aliphatic heterocycles. The van der Waals surface area contributed by atoms with Gasteiger partial charge in [-0.05, 0) is 94.2 Å². The second-order valence-corrected chi connectivity index (χ2v) is 15.8. The van der Waals surface area contributed by atoms with Gasteiger partial charge >= 0.3 is 0 Å². The van der Waals surface area contributed by atoms with Crippen molar-refractivity contribution in [2.45, 2.75) is 66.2 Å². The van der Waals surface area contributed by atoms with Gasteiger partial charge in [-0.3, -0.25) is 0 Å². The number of aryl methyl sites for hydroxylation is 4. The van der Waals surface area contributed by atoms with Gasteiger partial charge in [0.1, 0.15) is 0 Å². The van der Waals surface area contributed by atoms with Crippen LogP contribution in [-0.2, 0) is 169 Å². The summed E-state index contributed by atoms with van der Waals surface area (Å²) in [6.07, 6.45) is 6.45. The zero-order valence-electron chi connectivity index (χ0n) is 43.9. The van der Waals surface area contributed by atoms with Crippen LogP contribution in [0.4, 0.5) is 0 Å². The van der Waals surface area contributed by atoms with E-state index in [4.69, 9.17) is 0 Å². The summed E-state index contributed by atoms with van der Waals surface area (Å²) in [5.41, 5.74) is 20.3. The Bertz CT molecular complexity index is 2270. The van der Waals surface area contributed by atoms with Crippen LogP contribution in [0.2, 0.25) is 0 Å². The molecule has 0 heterocycles. The Hall–Kier alpha value is -2.34. The molecule has 0 aliphatic rings. The van der Waals surface area contributed by atoms with Gasteiger partial charge in [0.05, 0.1) is 0 Å². The minimum atomic E-state index is 0. The smallest absolute Gasteiger partial charge is 0 e. The van der Waals surface area contributed by atoms with Crippen molar-refractivity contribution in [3.05, 3.63) is 318 Å². The number of benzene rings is 8. The monoisotopic (exact) mass is 1220 g/mol. The minimum Gasteiger partial charge on any atom is -0.358 e. The molecule has 4 radical (unpaired) electrons. The van der Waals surface area contributed by atoms with Crippen molar-refractivity contribution in [3.63, 3.8) is 0 Å². The molecule has 0 saturated heterocycles. The van der Waals surface area contributed by atoms with Gasteiger partial charge in [-0.1, -0.05) is 136 Å². The molecule has 0 unspecified atom stereocenters. The predicted octanol–water partition coefficient (Wildman–Crippen LogP) is 18.0. The Morgan fingerprint density at radius 1 is 0.214 bits per heavy atom. The molecule has 0 N–H and O–H groups in total. The van der Waals surface area contributed by atoms with E-state index in [1.165, 1.54) is 66.8 Å². The Kier molecular flexibility index (Phi) is 43.5. The van der Waals surface area contributed by atoms with Gasteiger partial charge in [0.2, 0.25) is 0 Å². The van der Waals surface area contributed by atoms with Crippen LogP contribution in [0.1, 0.15) is 94.5 Å². The van der Waals surface area contributed by atoms with Gasteiger partial charge in [-0.2, -0.15) is 98.5 Å². The first-order valence-corrected chi connectivity index (χ1v) is 22.1. The fraction of sp³-hybridized carbons (Fsp3) is 0.152. The van der Waals surface area contributed by atoms with Crippen LogP contribution in [0.15, 0.2) is 194 Å². The topological polar surface area (TPSA) is 0 Å². The minimum absolute atomic E-state index is 0. The van der Waals surface area contributed by atoms with E-state index in [-0.39, 0.29) is 161 Å². The van der Waals surface area contributed by atoms with Gasteiger partial charge in [-0.25, -0.2) is 0 Å². The summed E-state index contributed by atoms with van der Waals surface area (Å²) in [4.78, 5) is 0. The van der Waals surface area contributed by atoms with Crippen LogP contribution < -0.4 is 0 Å². The molecule has 8 rings (SSSR count). The molecule has 0 bridgehead atoms. The summed E-state index contributed by atoms with van der Waals surface area (Å²) in [7, 11) is 0. The van der Waals surface area contributed by atoms with Crippen molar-refractivity contribution >= 4 is 0 Å². The van der Waals surface area contributed by atoms with Crippen molar-refractivity contribution in [2.24, 2.45) is 0 Å². The molecule has 360 valence electrons. The fourth-order valence-corrected chi connectivity index (χ4v) is 6.83. The molecule has 0 aromatic heterocycles. The zero-order valence-corrected chi connectivity index (χ0v) is 55.2. The molecular weight excluding hydrogens is 1150 g/mol. The summed E-state index contributed by atoms with van der Waals surface area (Å²) in [6, 6.07) is 68.7. The van der Waals surface area contributed by atoms with Gasteiger partial charge in [0, 0.05) is 131 Å². The summed E-state index contributed by atoms with van der Waals surface area (Å²) < 4.78 is 0. The first-order valence-electron chi connectivity index (χ1n) is 22.1. The molecule has 4 heteroatoms. The van der Waals surface area contributed by atoms with Gasteiger partial charge in [-0.15, -0.1) is 48.5 Å². The molecule has 0 amide bonds. The maximum atomic E-state index is 3.87. The largest absolute Gasteiger partial charge is 0.358 e. The molecule has 0 atom stereocenters. The summed E-state index contributed by atoms with van der Waals surface area (Å²) in [5.74, 6) is 0. The van der Waals surface area contributed by atoms with Crippen LogP contribution >= 0.6 is 0 Å². The van der Waals surface area contributed by atoms with Crippen LogP contribution in [0.3, 0.4) is 0 Å². The third-order valence-corrected chi connectivity index (χ3v) is 11.0. The van der Waals surface area contributed by atoms with Crippen LogP contribution in [0.25, 0.3) is 22.3 Å². The van der Waals surface area contributed by atoms with Gasteiger partial charge in [0.25, 0.3) is 0 Å². The van der Waals surface area contributed by atoms with Crippen LogP contribution in [-0.4, -0.2) is 0 Å². The average Bonchev–Trinajstić information content (AvgIpc) is 3.32. The maximum Gasteiger partial charge on any atom is 0 e. The average molecular weight is 1220 g/mol. The SMILES string of the molecule is CCc1ccc(-c2ccc(CC)cc2)cc1.CCc1ccc(Cc2ccc(CC)cc2)cc1.[CH2-]c1ccc(-c2ccc([CH2-])cc2)cc1.[CH2-]c1ccc(Cc2ccc([CH2-])cc2)cc1.[CH3-].[CH3-].[CH3-].[CH3-].[Y].[Y].[Y].[Y]. The van der Waals surface area contributed by atoms with E-state index in [1.807, 2.05) is 48.5 Å². The summed E-state index contributed by atoms with van der Waals surface area (Å²) in [5, 5.41) is 0. The Balaban J connectivity index is -0.000000400. The third-order valence-electron chi connectivity index (χ3n) is 11.0. The molecule has 8 aromatic carbocycles. The van der Waals surface area contributed by atoms with E-state index in [2.05, 4.69) is 201 Å². The van der Waals surface area contributed by atoms with E-state index < -0.39 is 0 Å². The van der Waals surface area contributed by atoms with Crippen molar-refractivity contribution in [1.82, 2.24) is 0 Å². The van der Waals surface area contributed by atoms with Crippen LogP contribution in [0.5, 0.6) is 0 Å². The summed E-state index contributed by atoms with van der Waals surface area (Å²) in [6.45, 7) is 24.2. The molecular formula is C66H76Y4-8. The molecule has 0 fully saturated rings. The molecule has 0 saturated carbocycles. The van der Waals surface area contributed by atoms with E-state index in [9.17, 15) is 0 Å². The van der Waals surface area contributed by atoms with E-state index in [1.54, 1.807) is 0 Å². The number of rotatable bonds is 10. The van der Waals surface area contributed by atoms with Crippen molar-refractivity contribution in [1.29, 1.82) is 0 Å². The number of hydrogen-bond donors (Lipinski definition) is 0. The predicted molar refractivity (Wildman–Crippen MR) is 296 cm³/mol. The van der Waals surface area contributed by atoms with Gasteiger partial charge < -0.3 is 29.7 Å². The fourth-order valence-electron chi connectivity index (χ4n) is 6.83. The van der Waals surface area contributed by atoms with Crippen LogP contribution in [0, 0.1) is 57.4 Å². The van der Waals surface area contributed by atoms with Crippen molar-refractivity contribution < 1.29 is 131 Å². The third kappa shape index (κ3) is 26.6. The van der Waals surface area contributed by atoms with Crippen molar-refractivity contribution in [3.8, 4) is 22.3 Å². The Morgan fingerprint density at radius 3 is 0.529 bits per heavy atom. The zero-order chi connectivity index (χ0) is 44.1. The van der Waals surface area contributed by atoms with E-state index in [0.29, 0.717) is 0 Å². The first-order chi connectivity index (χ1) is 30.1. The quantitative estimate of drug-likeness (QED) is 0.120. The standard InChI is InChI=1S/C17H20.C16H18.C15H14.C14H12.4CH3.4Y/c1-3-14-5-9-16(10-6-14)13-17-11-7-15(4-2)8-12-17;1-3-13-5-9-15(10-6-13)16-11-7-14(4-2)8-12-16;1-12-3-7-14(8-4-12)11-15-9-5-13(2)6-10-15;1-11-3-7-13(8-4-11)14-9-5-12(2)6-10-14;;;;;;;;/h5-12H,3-4,13H2,1-2H3;5-12H,3-4H2,1-2H3;3-10H,1-2,11H2;3-10H,1-2H2;4*1H3;;;;/q;;2*-2;4*-1;;;;. The Morgan fingerprint density at radius 2 is 0.343 bits per heavy atom. The molecule has 0 spiro atoms.